The van der Waals surface area contributed by atoms with E-state index in [1.54, 1.807) is 11.4 Å². The van der Waals surface area contributed by atoms with Crippen LogP contribution in [0, 0.1) is 5.82 Å². The van der Waals surface area contributed by atoms with Gasteiger partial charge in [-0.15, -0.1) is 36.2 Å². The van der Waals surface area contributed by atoms with Crippen LogP contribution in [0.4, 0.5) is 4.39 Å². The molecule has 1 unspecified atom stereocenters. The Kier molecular flexibility index (Phi) is 10.8. The lowest BCUT2D eigenvalue weighted by atomic mass is 10.1. The number of nitrogens with zero attached hydrogens (tertiary/aromatic N) is 2. The molecule has 0 aliphatic rings. The van der Waals surface area contributed by atoms with Gasteiger partial charge in [-0.05, 0) is 38.3 Å². The molecule has 0 aliphatic heterocycles. The van der Waals surface area contributed by atoms with Crippen LogP contribution in [0.5, 0.6) is 0 Å². The summed E-state index contributed by atoms with van der Waals surface area (Å²) in [6.07, 6.45) is 0.668. The molecule has 0 saturated carbocycles. The van der Waals surface area contributed by atoms with Crippen LogP contribution >= 0.6 is 36.2 Å². The second kappa shape index (κ2) is 11.4. The van der Waals surface area contributed by atoms with Gasteiger partial charge in [0.05, 0.1) is 11.0 Å². The van der Waals surface area contributed by atoms with Crippen molar-refractivity contribution in [3.8, 4) is 0 Å². The standard InChI is InChI=1S/C16H21FN4OS.2ClH/c1-21(2)14(11-4-3-5-12(17)8-11)9-19-16(22)13-10-23-15(20-13)6-7-18;;/h3-5,8,10,14H,6-7,9,18H2,1-2H3,(H,19,22);2*1H. The van der Waals surface area contributed by atoms with E-state index in [2.05, 4.69) is 10.3 Å². The number of aromatic nitrogens is 1. The van der Waals surface area contributed by atoms with Crippen LogP contribution in [0.3, 0.4) is 0 Å². The molecule has 1 amide bonds. The largest absolute Gasteiger partial charge is 0.349 e. The Morgan fingerprint density at radius 2 is 2.12 bits per heavy atom. The predicted octanol–water partition coefficient (Wildman–Crippen LogP) is 2.66. The molecule has 0 aliphatic carbocycles. The Hall–Kier alpha value is -1.25. The topological polar surface area (TPSA) is 71.2 Å². The zero-order chi connectivity index (χ0) is 16.8. The molecule has 0 bridgehead atoms. The van der Waals surface area contributed by atoms with Crippen LogP contribution in [0.15, 0.2) is 29.6 Å². The Morgan fingerprint density at radius 1 is 1.40 bits per heavy atom. The first kappa shape index (κ1) is 23.8. The maximum absolute atomic E-state index is 13.4. The number of carbonyl (C=O) groups is 1. The van der Waals surface area contributed by atoms with Crippen LogP contribution in [-0.4, -0.2) is 43.0 Å². The first-order valence-corrected chi connectivity index (χ1v) is 8.23. The van der Waals surface area contributed by atoms with Gasteiger partial charge in [-0.3, -0.25) is 4.79 Å². The number of nitrogens with two attached hydrogens (primary N) is 1. The van der Waals surface area contributed by atoms with Gasteiger partial charge in [-0.1, -0.05) is 12.1 Å². The highest BCUT2D eigenvalue weighted by Gasteiger charge is 2.17. The number of amides is 1. The maximum Gasteiger partial charge on any atom is 0.270 e. The van der Waals surface area contributed by atoms with Crippen molar-refractivity contribution in [2.75, 3.05) is 27.2 Å². The third-order valence-corrected chi connectivity index (χ3v) is 4.36. The molecule has 3 N–H and O–H groups in total. The minimum Gasteiger partial charge on any atom is -0.349 e. The minimum absolute atomic E-state index is 0. The van der Waals surface area contributed by atoms with Gasteiger partial charge in [0.25, 0.3) is 5.91 Å². The zero-order valence-corrected chi connectivity index (χ0v) is 16.5. The summed E-state index contributed by atoms with van der Waals surface area (Å²) < 4.78 is 13.4. The molecule has 2 rings (SSSR count). The van der Waals surface area contributed by atoms with Gasteiger partial charge in [0.2, 0.25) is 0 Å². The molecule has 25 heavy (non-hydrogen) atoms. The minimum atomic E-state index is -0.286. The molecule has 0 fully saturated rings. The summed E-state index contributed by atoms with van der Waals surface area (Å²) in [6.45, 7) is 0.885. The van der Waals surface area contributed by atoms with Gasteiger partial charge < -0.3 is 16.0 Å². The lowest BCUT2D eigenvalue weighted by Gasteiger charge is -2.25. The molecule has 1 atom stereocenters. The number of benzene rings is 1. The molecule has 0 radical (unpaired) electrons. The second-order valence-electron chi connectivity index (χ2n) is 5.41. The van der Waals surface area contributed by atoms with Gasteiger partial charge in [-0.25, -0.2) is 9.37 Å². The third kappa shape index (κ3) is 6.87. The highest BCUT2D eigenvalue weighted by atomic mass is 35.5. The highest BCUT2D eigenvalue weighted by Crippen LogP contribution is 2.18. The molecule has 5 nitrogen and oxygen atoms in total. The molecule has 1 aromatic carbocycles. The van der Waals surface area contributed by atoms with Gasteiger partial charge in [-0.2, -0.15) is 0 Å². The summed E-state index contributed by atoms with van der Waals surface area (Å²) in [5.74, 6) is -0.514. The van der Waals surface area contributed by atoms with Gasteiger partial charge in [0.1, 0.15) is 11.5 Å². The fourth-order valence-electron chi connectivity index (χ4n) is 2.25. The van der Waals surface area contributed by atoms with Crippen LogP contribution in [-0.2, 0) is 6.42 Å². The van der Waals surface area contributed by atoms with Crippen molar-refractivity contribution >= 4 is 42.1 Å². The number of rotatable bonds is 7. The summed E-state index contributed by atoms with van der Waals surface area (Å²) in [5, 5.41) is 5.45. The summed E-state index contributed by atoms with van der Waals surface area (Å²) in [5.41, 5.74) is 6.70. The van der Waals surface area contributed by atoms with Gasteiger partial charge in [0.15, 0.2) is 0 Å². The number of thiazole rings is 1. The molecular formula is C16H23Cl2FN4OS. The zero-order valence-electron chi connectivity index (χ0n) is 14.1. The molecule has 140 valence electrons. The molecular weight excluding hydrogens is 386 g/mol. The van der Waals surface area contributed by atoms with Crippen molar-refractivity contribution in [1.82, 2.24) is 15.2 Å². The SMILES string of the molecule is CN(C)C(CNC(=O)c1csc(CCN)n1)c1cccc(F)c1.Cl.Cl. The van der Waals surface area contributed by atoms with E-state index in [0.717, 1.165) is 10.6 Å². The van der Waals surface area contributed by atoms with Crippen molar-refractivity contribution in [2.24, 2.45) is 5.73 Å². The molecule has 1 aromatic heterocycles. The summed E-state index contributed by atoms with van der Waals surface area (Å²) in [6, 6.07) is 6.30. The maximum atomic E-state index is 13.4. The first-order valence-electron chi connectivity index (χ1n) is 7.36. The Morgan fingerprint density at radius 3 is 2.72 bits per heavy atom. The number of hydrogen-bond donors (Lipinski definition) is 2. The van der Waals surface area contributed by atoms with E-state index in [-0.39, 0.29) is 42.6 Å². The van der Waals surface area contributed by atoms with Crippen LogP contribution in [0.2, 0.25) is 0 Å². The van der Waals surface area contributed by atoms with E-state index in [4.69, 9.17) is 5.73 Å². The normalized spacial score (nSPS) is 11.4. The van der Waals surface area contributed by atoms with Crippen LogP contribution in [0.1, 0.15) is 27.1 Å². The van der Waals surface area contributed by atoms with Crippen LogP contribution in [0.25, 0.3) is 0 Å². The van der Waals surface area contributed by atoms with Crippen molar-refractivity contribution in [3.05, 3.63) is 51.7 Å². The number of likely N-dealkylation sites (N-methyl/N-ethyl adjacent to an activating group) is 1. The van der Waals surface area contributed by atoms with Gasteiger partial charge >= 0.3 is 0 Å². The van der Waals surface area contributed by atoms with Crippen molar-refractivity contribution in [2.45, 2.75) is 12.5 Å². The molecule has 0 saturated heterocycles. The van der Waals surface area contributed by atoms with Crippen molar-refractivity contribution in [3.63, 3.8) is 0 Å². The average molecular weight is 409 g/mol. The summed E-state index contributed by atoms with van der Waals surface area (Å²) in [7, 11) is 3.79. The number of halogens is 3. The van der Waals surface area contributed by atoms with Crippen LogP contribution < -0.4 is 11.1 Å². The number of carbonyl (C=O) groups excluding carboxylic acids is 1. The molecule has 2 aromatic rings. The lowest BCUT2D eigenvalue weighted by Crippen LogP contribution is -2.34. The second-order valence-corrected chi connectivity index (χ2v) is 6.35. The average Bonchev–Trinajstić information content (AvgIpc) is 2.96. The molecule has 0 spiro atoms. The summed E-state index contributed by atoms with van der Waals surface area (Å²) in [4.78, 5) is 18.4. The molecule has 9 heteroatoms. The monoisotopic (exact) mass is 408 g/mol. The number of hydrogen-bond acceptors (Lipinski definition) is 5. The van der Waals surface area contributed by atoms with Crippen molar-refractivity contribution in [1.29, 1.82) is 0 Å². The van der Waals surface area contributed by atoms with E-state index in [9.17, 15) is 9.18 Å². The van der Waals surface area contributed by atoms with Crippen molar-refractivity contribution < 1.29 is 9.18 Å². The highest BCUT2D eigenvalue weighted by molar-refractivity contribution is 7.09. The predicted molar refractivity (Wildman–Crippen MR) is 105 cm³/mol. The van der Waals surface area contributed by atoms with Gasteiger partial charge in [0, 0.05) is 18.3 Å². The smallest absolute Gasteiger partial charge is 0.270 e. The fourth-order valence-corrected chi connectivity index (χ4v) is 3.04. The fraction of sp³-hybridized carbons (Fsp3) is 0.375. The Bertz CT molecular complexity index is 669. The Labute approximate surface area is 163 Å². The molecule has 1 heterocycles. The van der Waals surface area contributed by atoms with E-state index in [1.165, 1.54) is 23.5 Å². The third-order valence-electron chi connectivity index (χ3n) is 3.46. The quantitative estimate of drug-likeness (QED) is 0.738. The van der Waals surface area contributed by atoms with E-state index in [0.29, 0.717) is 25.2 Å². The Balaban J connectivity index is 0.00000288. The first-order chi connectivity index (χ1) is 11.0. The lowest BCUT2D eigenvalue weighted by molar-refractivity contribution is 0.0937. The van der Waals surface area contributed by atoms with E-state index < -0.39 is 0 Å². The summed E-state index contributed by atoms with van der Waals surface area (Å²) >= 11 is 1.43. The van der Waals surface area contributed by atoms with E-state index in [1.807, 2.05) is 25.1 Å². The number of nitrogens with one attached hydrogen (secondary N) is 1. The van der Waals surface area contributed by atoms with E-state index >= 15 is 0 Å².